The van der Waals surface area contributed by atoms with E-state index in [1.54, 1.807) is 49.4 Å². The Hall–Kier alpha value is -3.84. The fraction of sp³-hybridized carbons (Fsp3) is 0.160. The van der Waals surface area contributed by atoms with E-state index in [2.05, 4.69) is 5.10 Å². The molecular weight excluding hydrogens is 444 g/mol. The number of ether oxygens (including phenoxy) is 3. The van der Waals surface area contributed by atoms with Crippen molar-refractivity contribution in [2.75, 3.05) is 20.8 Å². The summed E-state index contributed by atoms with van der Waals surface area (Å²) in [6.45, 7) is 1.94. The van der Waals surface area contributed by atoms with Crippen molar-refractivity contribution < 1.29 is 23.8 Å². The van der Waals surface area contributed by atoms with Gasteiger partial charge in [0, 0.05) is 16.1 Å². The maximum Gasteiger partial charge on any atom is 0.340 e. The highest BCUT2D eigenvalue weighted by Crippen LogP contribution is 2.30. The first kappa shape index (κ1) is 22.4. The number of hydrogen-bond acceptors (Lipinski definition) is 6. The number of hydrogen-bond donors (Lipinski definition) is 0. The van der Waals surface area contributed by atoms with Gasteiger partial charge in [0.1, 0.15) is 5.69 Å². The van der Waals surface area contributed by atoms with Crippen LogP contribution in [0.5, 0.6) is 11.5 Å². The largest absolute Gasteiger partial charge is 0.493 e. The van der Waals surface area contributed by atoms with Gasteiger partial charge in [0.2, 0.25) is 5.78 Å². The standard InChI is InChI=1S/C25H21ClN2O5/c1-4-33-25(30)18-14-21(24(29)16-7-12-22(31-2)23(13-16)32-3)28-20(18)11-10-19(27-28)15-5-8-17(26)9-6-15/h5-14H,4H2,1-3H3. The second kappa shape index (κ2) is 9.34. The number of halogens is 1. The molecule has 0 aliphatic rings. The normalized spacial score (nSPS) is 10.8. The molecule has 2 aromatic heterocycles. The molecule has 0 spiro atoms. The van der Waals surface area contributed by atoms with Crippen LogP contribution in [-0.2, 0) is 4.74 Å². The molecule has 0 aliphatic heterocycles. The Labute approximate surface area is 195 Å². The molecule has 4 rings (SSSR count). The molecule has 4 aromatic rings. The first-order chi connectivity index (χ1) is 16.0. The lowest BCUT2D eigenvalue weighted by atomic mass is 10.1. The summed E-state index contributed by atoms with van der Waals surface area (Å²) in [6.07, 6.45) is 0. The van der Waals surface area contributed by atoms with Gasteiger partial charge in [-0.25, -0.2) is 9.31 Å². The second-order valence-electron chi connectivity index (χ2n) is 7.09. The molecule has 0 aliphatic carbocycles. The average Bonchev–Trinajstić information content (AvgIpc) is 3.22. The van der Waals surface area contributed by atoms with Crippen LogP contribution >= 0.6 is 11.6 Å². The highest BCUT2D eigenvalue weighted by atomic mass is 35.5. The molecule has 7 nitrogen and oxygen atoms in total. The van der Waals surface area contributed by atoms with E-state index in [9.17, 15) is 9.59 Å². The van der Waals surface area contributed by atoms with Crippen LogP contribution in [0.15, 0.2) is 60.7 Å². The van der Waals surface area contributed by atoms with Gasteiger partial charge in [-0.15, -0.1) is 0 Å². The monoisotopic (exact) mass is 464 g/mol. The van der Waals surface area contributed by atoms with E-state index in [0.717, 1.165) is 5.56 Å². The maximum atomic E-state index is 13.5. The van der Waals surface area contributed by atoms with E-state index in [1.165, 1.54) is 24.8 Å². The molecule has 0 bridgehead atoms. The molecule has 0 radical (unpaired) electrons. The number of fused-ring (bicyclic) bond motifs is 1. The third-order valence-electron chi connectivity index (χ3n) is 5.13. The molecule has 8 heteroatoms. The molecular formula is C25H21ClN2O5. The minimum Gasteiger partial charge on any atom is -0.493 e. The number of carbonyl (C=O) groups is 2. The summed E-state index contributed by atoms with van der Waals surface area (Å²) in [4.78, 5) is 26.1. The summed E-state index contributed by atoms with van der Waals surface area (Å²) in [5, 5.41) is 5.26. The van der Waals surface area contributed by atoms with Crippen molar-refractivity contribution in [3.05, 3.63) is 82.5 Å². The zero-order valence-corrected chi connectivity index (χ0v) is 19.1. The minimum absolute atomic E-state index is 0.214. The molecule has 2 aromatic carbocycles. The minimum atomic E-state index is -0.526. The van der Waals surface area contributed by atoms with Crippen molar-refractivity contribution >= 4 is 28.9 Å². The molecule has 0 atom stereocenters. The molecule has 0 saturated carbocycles. The summed E-state index contributed by atoms with van der Waals surface area (Å²) in [6, 6.07) is 17.1. The number of aromatic nitrogens is 2. The van der Waals surface area contributed by atoms with Gasteiger partial charge in [0.05, 0.1) is 37.6 Å². The van der Waals surface area contributed by atoms with Crippen LogP contribution < -0.4 is 9.47 Å². The number of methoxy groups -OCH3 is 2. The molecule has 0 N–H and O–H groups in total. The van der Waals surface area contributed by atoms with E-state index < -0.39 is 5.97 Å². The van der Waals surface area contributed by atoms with Gasteiger partial charge >= 0.3 is 5.97 Å². The summed E-state index contributed by atoms with van der Waals surface area (Å²) in [7, 11) is 3.02. The Balaban J connectivity index is 1.88. The number of carbonyl (C=O) groups excluding carboxylic acids is 2. The van der Waals surface area contributed by atoms with E-state index >= 15 is 0 Å². The Bertz CT molecular complexity index is 1350. The average molecular weight is 465 g/mol. The second-order valence-corrected chi connectivity index (χ2v) is 7.52. The Morgan fingerprint density at radius 2 is 1.67 bits per heavy atom. The van der Waals surface area contributed by atoms with Gasteiger partial charge in [-0.05, 0) is 55.5 Å². The predicted octanol–water partition coefficient (Wildman–Crippen LogP) is 5.08. The van der Waals surface area contributed by atoms with Crippen molar-refractivity contribution in [2.45, 2.75) is 6.92 Å². The van der Waals surface area contributed by atoms with Crippen LogP contribution in [0.1, 0.15) is 33.3 Å². The van der Waals surface area contributed by atoms with Crippen molar-refractivity contribution in [1.29, 1.82) is 0 Å². The van der Waals surface area contributed by atoms with Crippen LogP contribution in [-0.4, -0.2) is 42.2 Å². The van der Waals surface area contributed by atoms with Crippen LogP contribution in [0, 0.1) is 0 Å². The third kappa shape index (κ3) is 4.27. The smallest absolute Gasteiger partial charge is 0.340 e. The van der Waals surface area contributed by atoms with Crippen molar-refractivity contribution in [3.8, 4) is 22.8 Å². The van der Waals surface area contributed by atoms with Gasteiger partial charge in [-0.1, -0.05) is 23.7 Å². The summed E-state index contributed by atoms with van der Waals surface area (Å²) in [5.74, 6) is 0.0683. The van der Waals surface area contributed by atoms with Gasteiger partial charge in [0.25, 0.3) is 0 Å². The molecule has 0 fully saturated rings. The Morgan fingerprint density at radius 1 is 0.939 bits per heavy atom. The van der Waals surface area contributed by atoms with Crippen LogP contribution in [0.25, 0.3) is 16.8 Å². The number of ketones is 1. The van der Waals surface area contributed by atoms with Gasteiger partial charge in [-0.2, -0.15) is 5.10 Å². The first-order valence-electron chi connectivity index (χ1n) is 10.2. The van der Waals surface area contributed by atoms with Crippen LogP contribution in [0.2, 0.25) is 5.02 Å². The highest BCUT2D eigenvalue weighted by molar-refractivity contribution is 6.30. The lowest BCUT2D eigenvalue weighted by Gasteiger charge is -2.09. The number of rotatable bonds is 7. The SMILES string of the molecule is CCOC(=O)c1cc(C(=O)c2ccc(OC)c(OC)c2)n2nc(-c3ccc(Cl)cc3)ccc12. The lowest BCUT2D eigenvalue weighted by molar-refractivity contribution is 0.0528. The van der Waals surface area contributed by atoms with E-state index in [4.69, 9.17) is 25.8 Å². The zero-order valence-electron chi connectivity index (χ0n) is 18.3. The van der Waals surface area contributed by atoms with Gasteiger partial charge in [-0.3, -0.25) is 4.79 Å². The predicted molar refractivity (Wildman–Crippen MR) is 125 cm³/mol. The number of nitrogens with zero attached hydrogens (tertiary/aromatic N) is 2. The van der Waals surface area contributed by atoms with E-state index in [0.29, 0.717) is 33.3 Å². The number of benzene rings is 2. The molecule has 33 heavy (non-hydrogen) atoms. The summed E-state index contributed by atoms with van der Waals surface area (Å²) < 4.78 is 17.2. The maximum absolute atomic E-state index is 13.5. The van der Waals surface area contributed by atoms with E-state index in [-0.39, 0.29) is 23.6 Å². The summed E-state index contributed by atoms with van der Waals surface area (Å²) >= 11 is 6.00. The zero-order chi connectivity index (χ0) is 23.5. The fourth-order valence-corrected chi connectivity index (χ4v) is 3.64. The molecule has 2 heterocycles. The van der Waals surface area contributed by atoms with Gasteiger partial charge in [0.15, 0.2) is 11.5 Å². The molecule has 168 valence electrons. The van der Waals surface area contributed by atoms with Crippen LogP contribution in [0.3, 0.4) is 0 Å². The Kier molecular flexibility index (Phi) is 6.33. The van der Waals surface area contributed by atoms with Crippen molar-refractivity contribution in [1.82, 2.24) is 9.61 Å². The Morgan fingerprint density at radius 3 is 2.33 bits per heavy atom. The topological polar surface area (TPSA) is 79.1 Å². The number of esters is 1. The molecule has 0 amide bonds. The van der Waals surface area contributed by atoms with Gasteiger partial charge < -0.3 is 14.2 Å². The van der Waals surface area contributed by atoms with E-state index in [1.807, 2.05) is 12.1 Å². The van der Waals surface area contributed by atoms with Crippen LogP contribution in [0.4, 0.5) is 0 Å². The van der Waals surface area contributed by atoms with Crippen molar-refractivity contribution in [3.63, 3.8) is 0 Å². The highest BCUT2D eigenvalue weighted by Gasteiger charge is 2.23. The third-order valence-corrected chi connectivity index (χ3v) is 5.39. The lowest BCUT2D eigenvalue weighted by Crippen LogP contribution is -2.08. The molecule has 0 unspecified atom stereocenters. The fourth-order valence-electron chi connectivity index (χ4n) is 3.52. The quantitative estimate of drug-likeness (QED) is 0.280. The molecule has 0 saturated heterocycles. The first-order valence-corrected chi connectivity index (χ1v) is 10.6. The van der Waals surface area contributed by atoms with Crippen molar-refractivity contribution in [2.24, 2.45) is 0 Å². The summed E-state index contributed by atoms with van der Waals surface area (Å²) in [5.41, 5.74) is 2.74.